The maximum absolute atomic E-state index is 10.4. The molecule has 0 radical (unpaired) electrons. The molecule has 1 aliphatic heterocycles. The van der Waals surface area contributed by atoms with Gasteiger partial charge in [0.05, 0.1) is 12.2 Å². The number of hydrogen-bond acceptors (Lipinski definition) is 2. The smallest absolute Gasteiger partial charge is 0.520 e. The van der Waals surface area contributed by atoms with Gasteiger partial charge >= 0.3 is 31.1 Å². The van der Waals surface area contributed by atoms with Crippen LogP contribution in [0.3, 0.4) is 0 Å². The zero-order valence-corrected chi connectivity index (χ0v) is 17.4. The number of aromatic nitrogens is 2. The average Bonchev–Trinajstić information content (AvgIpc) is 2.75. The molecule has 0 aromatic carbocycles. The van der Waals surface area contributed by atoms with Gasteiger partial charge in [-0.15, -0.1) is 0 Å². The first-order chi connectivity index (χ1) is 8.54. The molecule has 0 N–H and O–H groups in total. The van der Waals surface area contributed by atoms with Crippen LogP contribution in [0, 0.1) is 37.0 Å². The predicted molar refractivity (Wildman–Crippen MR) is 75.7 cm³/mol. The fourth-order valence-electron chi connectivity index (χ4n) is 1.77. The topological polar surface area (TPSA) is 38.1 Å². The number of nitrogens with zero attached hydrogens (tertiary/aromatic N) is 3. The van der Waals surface area contributed by atoms with Crippen molar-refractivity contribution in [1.82, 2.24) is 14.7 Å². The molecule has 0 bridgehead atoms. The van der Waals surface area contributed by atoms with Crippen molar-refractivity contribution in [3.8, 4) is 0 Å². The molecule has 2 rings (SSSR count). The van der Waals surface area contributed by atoms with Crippen LogP contribution >= 0.6 is 15.9 Å². The summed E-state index contributed by atoms with van der Waals surface area (Å²) in [6.45, 7) is 7.81. The van der Waals surface area contributed by atoms with Crippen molar-refractivity contribution >= 4 is 22.3 Å². The van der Waals surface area contributed by atoms with Gasteiger partial charge in [-0.2, -0.15) is 32.3 Å². The van der Waals surface area contributed by atoms with E-state index in [1.54, 1.807) is 11.1 Å². The molecular formula is C13H20BrN3OU. The van der Waals surface area contributed by atoms with E-state index in [0.29, 0.717) is 6.04 Å². The van der Waals surface area contributed by atoms with E-state index in [4.69, 9.17) is 0 Å². The number of likely N-dealkylation sites (tertiary alicyclic amines) is 1. The van der Waals surface area contributed by atoms with Crippen LogP contribution in [0.2, 0.25) is 0 Å². The van der Waals surface area contributed by atoms with E-state index in [1.165, 1.54) is 5.92 Å². The number of piperidine rings is 1. The van der Waals surface area contributed by atoms with E-state index in [2.05, 4.69) is 41.8 Å². The molecule has 104 valence electrons. The van der Waals surface area contributed by atoms with Gasteiger partial charge < -0.3 is 15.6 Å². The third-order valence-corrected chi connectivity index (χ3v) is 3.19. The van der Waals surface area contributed by atoms with Gasteiger partial charge in [-0.1, -0.05) is 0 Å². The summed E-state index contributed by atoms with van der Waals surface area (Å²) in [6.07, 6.45) is 5.61. The van der Waals surface area contributed by atoms with Crippen LogP contribution in [0.5, 0.6) is 0 Å². The first-order valence-electron chi connectivity index (χ1n) is 6.13. The summed E-state index contributed by atoms with van der Waals surface area (Å²) in [5, 5.41) is 4.24. The van der Waals surface area contributed by atoms with E-state index >= 15 is 0 Å². The van der Waals surface area contributed by atoms with Crippen molar-refractivity contribution in [3.63, 3.8) is 0 Å². The molecule has 1 aromatic rings. The predicted octanol–water partition coefficient (Wildman–Crippen LogP) is 2.97. The Morgan fingerprint density at radius 2 is 1.89 bits per heavy atom. The quantitative estimate of drug-likeness (QED) is 0.530. The third-order valence-electron chi connectivity index (χ3n) is 2.56. The summed E-state index contributed by atoms with van der Waals surface area (Å²) in [5.74, 6) is 1.42. The Labute approximate surface area is 147 Å². The summed E-state index contributed by atoms with van der Waals surface area (Å²) >= 11 is 3.44. The van der Waals surface area contributed by atoms with Gasteiger partial charge in [0.2, 0.25) is 0 Å². The Kier molecular flexibility index (Phi) is 10.1. The molecule has 1 fully saturated rings. The van der Waals surface area contributed by atoms with Gasteiger partial charge in [0, 0.05) is 0 Å². The van der Waals surface area contributed by atoms with Crippen LogP contribution in [0.25, 0.3) is 0 Å². The molecule has 0 saturated carbocycles. The standard InChI is InChI=1S/C9H11BrN3O.C4H9.U/c10-9-1-4-11-13(9)8-2-5-12(7-14)6-3-8;1-4(2)3;/h1,4,8H,2-3,5-6H2;1-3H3;/q2*-1;+2. The number of rotatable bonds is 2. The molecule has 6 heteroatoms. The zero-order chi connectivity index (χ0) is 13.5. The number of hydrogen-bond donors (Lipinski definition) is 0. The van der Waals surface area contributed by atoms with E-state index in [1.807, 2.05) is 17.2 Å². The monoisotopic (exact) mass is 551 g/mol. The molecule has 0 unspecified atom stereocenters. The van der Waals surface area contributed by atoms with Crippen LogP contribution in [-0.4, -0.2) is 34.2 Å². The molecule has 1 amide bonds. The number of carbonyl (C=O) groups excluding carboxylic acids is 1. The summed E-state index contributed by atoms with van der Waals surface area (Å²) in [6, 6.07) is 2.34. The largest absolute Gasteiger partial charge is 2.00 e. The maximum Gasteiger partial charge on any atom is 2.00 e. The number of amides is 1. The van der Waals surface area contributed by atoms with Gasteiger partial charge in [-0.3, -0.25) is 4.68 Å². The molecule has 2 heterocycles. The second kappa shape index (κ2) is 10.0. The third kappa shape index (κ3) is 6.97. The zero-order valence-electron chi connectivity index (χ0n) is 11.7. The molecule has 1 aromatic heterocycles. The fraction of sp³-hybridized carbons (Fsp3) is 0.615. The van der Waals surface area contributed by atoms with Crippen molar-refractivity contribution in [3.05, 3.63) is 22.8 Å². The first-order valence-corrected chi connectivity index (χ1v) is 6.92. The van der Waals surface area contributed by atoms with Gasteiger partial charge in [0.25, 0.3) is 0 Å². The fourth-order valence-corrected chi connectivity index (χ4v) is 2.27. The van der Waals surface area contributed by atoms with Crippen molar-refractivity contribution in [2.75, 3.05) is 13.1 Å². The molecule has 0 aliphatic carbocycles. The Morgan fingerprint density at radius 3 is 2.26 bits per heavy atom. The summed E-state index contributed by atoms with van der Waals surface area (Å²) < 4.78 is 2.98. The molecule has 0 atom stereocenters. The van der Waals surface area contributed by atoms with Crippen molar-refractivity contribution in [1.29, 1.82) is 0 Å². The summed E-state index contributed by atoms with van der Waals surface area (Å²) in [5.41, 5.74) is 0. The molecule has 0 spiro atoms. The van der Waals surface area contributed by atoms with E-state index < -0.39 is 0 Å². The first kappa shape index (κ1) is 19.2. The normalized spacial score (nSPS) is 15.5. The molecule has 1 aliphatic rings. The minimum absolute atomic E-state index is 0. The van der Waals surface area contributed by atoms with Crippen LogP contribution in [-0.2, 0) is 4.79 Å². The SMILES string of the molecule is C[C-](C)C.O=[C-]N1CCC(n2nccc2Br)CC1.[U+2]. The molecule has 19 heavy (non-hydrogen) atoms. The minimum Gasteiger partial charge on any atom is -0.520 e. The maximum atomic E-state index is 10.4. The second-order valence-corrected chi connectivity index (χ2v) is 5.72. The van der Waals surface area contributed by atoms with Crippen molar-refractivity contribution < 1.29 is 35.9 Å². The molecule has 1 saturated heterocycles. The summed E-state index contributed by atoms with van der Waals surface area (Å²) in [7, 11) is 0. The average molecular weight is 552 g/mol. The Hall–Kier alpha value is 0.212. The summed E-state index contributed by atoms with van der Waals surface area (Å²) in [4.78, 5) is 12.1. The van der Waals surface area contributed by atoms with E-state index in [-0.39, 0.29) is 31.1 Å². The molecular weight excluding hydrogens is 532 g/mol. The van der Waals surface area contributed by atoms with Gasteiger partial charge in [-0.05, 0) is 47.9 Å². The van der Waals surface area contributed by atoms with Crippen LogP contribution < -0.4 is 0 Å². The Balaban J connectivity index is 0.000000576. The Morgan fingerprint density at radius 1 is 1.37 bits per heavy atom. The number of halogens is 1. The van der Waals surface area contributed by atoms with Gasteiger partial charge in [0.1, 0.15) is 4.60 Å². The Bertz CT molecular complexity index is 360. The van der Waals surface area contributed by atoms with Crippen molar-refractivity contribution in [2.45, 2.75) is 39.7 Å². The van der Waals surface area contributed by atoms with Crippen molar-refractivity contribution in [2.24, 2.45) is 0 Å². The second-order valence-electron chi connectivity index (χ2n) is 4.91. The van der Waals surface area contributed by atoms with E-state index in [9.17, 15) is 4.79 Å². The van der Waals surface area contributed by atoms with E-state index in [0.717, 1.165) is 30.5 Å². The van der Waals surface area contributed by atoms with Crippen LogP contribution in [0.1, 0.15) is 39.7 Å². The van der Waals surface area contributed by atoms with Gasteiger partial charge in [0.15, 0.2) is 0 Å². The van der Waals surface area contributed by atoms with Crippen LogP contribution in [0.4, 0.5) is 0 Å². The van der Waals surface area contributed by atoms with Crippen LogP contribution in [0.15, 0.2) is 16.9 Å². The molecule has 4 nitrogen and oxygen atoms in total. The van der Waals surface area contributed by atoms with Gasteiger partial charge in [-0.25, -0.2) is 0 Å². The minimum atomic E-state index is 0.